The van der Waals surface area contributed by atoms with Crippen molar-refractivity contribution in [2.45, 2.75) is 33.0 Å². The fourth-order valence-electron chi connectivity index (χ4n) is 2.93. The van der Waals surface area contributed by atoms with E-state index < -0.39 is 11.7 Å². The van der Waals surface area contributed by atoms with Crippen molar-refractivity contribution in [1.29, 1.82) is 0 Å². The number of rotatable bonds is 3. The van der Waals surface area contributed by atoms with Gasteiger partial charge < -0.3 is 9.47 Å². The van der Waals surface area contributed by atoms with Crippen molar-refractivity contribution in [2.24, 2.45) is 0 Å². The summed E-state index contributed by atoms with van der Waals surface area (Å²) in [6.45, 7) is 6.07. The number of carbonyl (C=O) groups excluding carboxylic acids is 1. The lowest BCUT2D eigenvalue weighted by molar-refractivity contribution is 0.0547. The zero-order valence-corrected chi connectivity index (χ0v) is 17.0. The predicted molar refractivity (Wildman–Crippen MR) is 107 cm³/mol. The van der Waals surface area contributed by atoms with Crippen molar-refractivity contribution in [1.82, 2.24) is 4.57 Å². The molecule has 3 aromatic rings. The molecule has 4 nitrogen and oxygen atoms in total. The van der Waals surface area contributed by atoms with Gasteiger partial charge in [0.15, 0.2) is 0 Å². The lowest BCUT2D eigenvalue weighted by Crippen LogP contribution is -2.27. The van der Waals surface area contributed by atoms with E-state index >= 15 is 0 Å². The molecule has 136 valence electrons. The highest BCUT2D eigenvalue weighted by molar-refractivity contribution is 9.10. The second kappa shape index (κ2) is 7.25. The fraction of sp³-hybridized carbons (Fsp3) is 0.286. The molecule has 0 saturated carbocycles. The van der Waals surface area contributed by atoms with Crippen LogP contribution in [-0.2, 0) is 16.1 Å². The molecule has 26 heavy (non-hydrogen) atoms. The average Bonchev–Trinajstić information content (AvgIpc) is 2.92. The molecule has 0 fully saturated rings. The molecule has 0 aliphatic carbocycles. The molecule has 0 radical (unpaired) electrons. The Hall–Kier alpha value is -2.11. The summed E-state index contributed by atoms with van der Waals surface area (Å²) in [5, 5.41) is 0.973. The van der Waals surface area contributed by atoms with Gasteiger partial charge in [-0.05, 0) is 44.5 Å². The van der Waals surface area contributed by atoms with E-state index in [-0.39, 0.29) is 0 Å². The van der Waals surface area contributed by atoms with E-state index in [1.165, 1.54) is 0 Å². The van der Waals surface area contributed by atoms with Crippen molar-refractivity contribution in [2.75, 3.05) is 7.11 Å². The maximum Gasteiger partial charge on any atom is 0.419 e. The van der Waals surface area contributed by atoms with Gasteiger partial charge in [-0.3, -0.25) is 0 Å². The molecule has 0 unspecified atom stereocenters. The first kappa shape index (κ1) is 18.7. The van der Waals surface area contributed by atoms with Crippen LogP contribution in [0.5, 0.6) is 0 Å². The number of halogens is 1. The van der Waals surface area contributed by atoms with Gasteiger partial charge in [-0.1, -0.05) is 46.3 Å². The van der Waals surface area contributed by atoms with Crippen LogP contribution in [0.4, 0.5) is 4.79 Å². The predicted octanol–water partition coefficient (Wildman–Crippen LogP) is 6.00. The van der Waals surface area contributed by atoms with Gasteiger partial charge in [0.2, 0.25) is 0 Å². The summed E-state index contributed by atoms with van der Waals surface area (Å²) in [5.74, 6) is 0. The van der Waals surface area contributed by atoms with Crippen molar-refractivity contribution >= 4 is 32.9 Å². The van der Waals surface area contributed by atoms with Crippen LogP contribution in [0.15, 0.2) is 53.0 Å². The third-order valence-corrected chi connectivity index (χ3v) is 4.43. The molecule has 0 spiro atoms. The first-order chi connectivity index (χ1) is 12.3. The second-order valence-electron chi connectivity index (χ2n) is 7.14. The minimum absolute atomic E-state index is 0.396. The molecule has 0 aliphatic heterocycles. The molecule has 1 heterocycles. The topological polar surface area (TPSA) is 40.5 Å². The van der Waals surface area contributed by atoms with E-state index in [2.05, 4.69) is 15.9 Å². The highest BCUT2D eigenvalue weighted by Crippen LogP contribution is 2.33. The molecule has 0 N–H and O–H groups in total. The highest BCUT2D eigenvalue weighted by atomic mass is 79.9. The number of benzene rings is 2. The summed E-state index contributed by atoms with van der Waals surface area (Å²) < 4.78 is 13.5. The normalized spacial score (nSPS) is 11.7. The first-order valence-electron chi connectivity index (χ1n) is 8.42. The molecular formula is C21H22BrNO3. The van der Waals surface area contributed by atoms with E-state index in [4.69, 9.17) is 9.47 Å². The van der Waals surface area contributed by atoms with Gasteiger partial charge in [0.1, 0.15) is 5.60 Å². The van der Waals surface area contributed by atoms with E-state index in [1.54, 1.807) is 11.7 Å². The Balaban J connectivity index is 2.26. The van der Waals surface area contributed by atoms with E-state index in [0.29, 0.717) is 6.61 Å². The maximum absolute atomic E-state index is 13.0. The SMILES string of the molecule is COCc1ccccc1-c1cc2ccc(Br)cc2n1C(=O)OC(C)(C)C. The maximum atomic E-state index is 13.0. The monoisotopic (exact) mass is 415 g/mol. The van der Waals surface area contributed by atoms with Crippen molar-refractivity contribution < 1.29 is 14.3 Å². The lowest BCUT2D eigenvalue weighted by Gasteiger charge is -2.21. The van der Waals surface area contributed by atoms with Gasteiger partial charge in [0.05, 0.1) is 17.8 Å². The zero-order chi connectivity index (χ0) is 18.9. The molecule has 0 bridgehead atoms. The summed E-state index contributed by atoms with van der Waals surface area (Å²) in [7, 11) is 1.66. The summed E-state index contributed by atoms with van der Waals surface area (Å²) >= 11 is 3.50. The van der Waals surface area contributed by atoms with Crippen LogP contribution in [0, 0.1) is 0 Å². The van der Waals surface area contributed by atoms with Gasteiger partial charge in [-0.25, -0.2) is 9.36 Å². The summed E-state index contributed by atoms with van der Waals surface area (Å²) in [6.07, 6.45) is -0.396. The highest BCUT2D eigenvalue weighted by Gasteiger charge is 2.23. The number of nitrogens with zero attached hydrogens (tertiary/aromatic N) is 1. The zero-order valence-electron chi connectivity index (χ0n) is 15.4. The van der Waals surface area contributed by atoms with Crippen LogP contribution >= 0.6 is 15.9 Å². The summed E-state index contributed by atoms with van der Waals surface area (Å²) in [6, 6.07) is 15.8. The Kier molecular flexibility index (Phi) is 5.21. The fourth-order valence-corrected chi connectivity index (χ4v) is 3.28. The molecule has 5 heteroatoms. The average molecular weight is 416 g/mol. The van der Waals surface area contributed by atoms with Crippen LogP contribution in [0.3, 0.4) is 0 Å². The standard InChI is InChI=1S/C21H22BrNO3/c1-21(2,3)26-20(24)23-18-12-16(22)10-9-14(18)11-19(23)17-8-6-5-7-15(17)13-25-4/h5-12H,13H2,1-4H3. The Labute approximate surface area is 161 Å². The number of hydrogen-bond donors (Lipinski definition) is 0. The Morgan fingerprint density at radius 1 is 1.12 bits per heavy atom. The number of fused-ring (bicyclic) bond motifs is 1. The van der Waals surface area contributed by atoms with E-state index in [1.807, 2.05) is 69.3 Å². The number of ether oxygens (including phenoxy) is 2. The lowest BCUT2D eigenvalue weighted by atomic mass is 10.0. The Morgan fingerprint density at radius 3 is 2.54 bits per heavy atom. The number of methoxy groups -OCH3 is 1. The summed E-state index contributed by atoms with van der Waals surface area (Å²) in [5.41, 5.74) is 2.98. The van der Waals surface area contributed by atoms with Crippen molar-refractivity contribution in [3.63, 3.8) is 0 Å². The van der Waals surface area contributed by atoms with Crippen LogP contribution in [-0.4, -0.2) is 23.4 Å². The third kappa shape index (κ3) is 3.84. The Morgan fingerprint density at radius 2 is 1.85 bits per heavy atom. The molecule has 0 atom stereocenters. The van der Waals surface area contributed by atoms with Gasteiger partial charge in [0.25, 0.3) is 0 Å². The van der Waals surface area contributed by atoms with Crippen LogP contribution in [0.2, 0.25) is 0 Å². The molecule has 2 aromatic carbocycles. The van der Waals surface area contributed by atoms with Crippen molar-refractivity contribution in [3.8, 4) is 11.3 Å². The third-order valence-electron chi connectivity index (χ3n) is 3.94. The van der Waals surface area contributed by atoms with Gasteiger partial charge >= 0.3 is 6.09 Å². The van der Waals surface area contributed by atoms with Crippen LogP contribution in [0.1, 0.15) is 26.3 Å². The molecule has 0 amide bonds. The second-order valence-corrected chi connectivity index (χ2v) is 8.05. The number of aromatic nitrogens is 1. The smallest absolute Gasteiger partial charge is 0.419 e. The van der Waals surface area contributed by atoms with Crippen molar-refractivity contribution in [3.05, 3.63) is 58.6 Å². The van der Waals surface area contributed by atoms with E-state index in [0.717, 1.165) is 32.2 Å². The summed E-state index contributed by atoms with van der Waals surface area (Å²) in [4.78, 5) is 13.0. The first-order valence-corrected chi connectivity index (χ1v) is 9.21. The van der Waals surface area contributed by atoms with Gasteiger partial charge in [-0.2, -0.15) is 0 Å². The Bertz CT molecular complexity index is 954. The molecule has 3 rings (SSSR count). The number of hydrogen-bond acceptors (Lipinski definition) is 3. The van der Waals surface area contributed by atoms with Gasteiger partial charge in [-0.15, -0.1) is 0 Å². The van der Waals surface area contributed by atoms with E-state index in [9.17, 15) is 4.79 Å². The number of carbonyl (C=O) groups is 1. The molecule has 0 aliphatic rings. The van der Waals surface area contributed by atoms with Gasteiger partial charge in [0, 0.05) is 22.5 Å². The molecular weight excluding hydrogens is 394 g/mol. The van der Waals surface area contributed by atoms with Crippen LogP contribution < -0.4 is 0 Å². The minimum Gasteiger partial charge on any atom is -0.443 e. The largest absolute Gasteiger partial charge is 0.443 e. The molecule has 0 saturated heterocycles. The molecule has 1 aromatic heterocycles. The quantitative estimate of drug-likeness (QED) is 0.526. The minimum atomic E-state index is -0.580. The van der Waals surface area contributed by atoms with Crippen LogP contribution in [0.25, 0.3) is 22.2 Å².